The molecule has 314 valence electrons. The van der Waals surface area contributed by atoms with Crippen LogP contribution in [0.5, 0.6) is 0 Å². The number of likely N-dealkylation sites (N-methyl/N-ethyl adjacent to an activating group) is 1. The molecule has 1 aromatic carbocycles. The van der Waals surface area contributed by atoms with Crippen molar-refractivity contribution in [2.24, 2.45) is 33.8 Å². The lowest BCUT2D eigenvalue weighted by atomic mass is 9.73. The quantitative estimate of drug-likeness (QED) is 0.252. The molecule has 0 spiro atoms. The van der Waals surface area contributed by atoms with Crippen molar-refractivity contribution in [3.63, 3.8) is 0 Å². The van der Waals surface area contributed by atoms with Crippen LogP contribution in [0.1, 0.15) is 86.6 Å². The van der Waals surface area contributed by atoms with E-state index in [1.54, 1.807) is 20.8 Å². The van der Waals surface area contributed by atoms with Gasteiger partial charge in [-0.3, -0.25) is 14.4 Å². The summed E-state index contributed by atoms with van der Waals surface area (Å²) in [5, 5.41) is 28.4. The highest BCUT2D eigenvalue weighted by Crippen LogP contribution is 2.40. The van der Waals surface area contributed by atoms with E-state index < -0.39 is 89.3 Å². The summed E-state index contributed by atoms with van der Waals surface area (Å²) in [4.78, 5) is 55.0. The second kappa shape index (κ2) is 18.6. The molecular weight excluding hydrogens is 734 g/mol. The van der Waals surface area contributed by atoms with Crippen molar-refractivity contribution in [3.05, 3.63) is 35.9 Å². The van der Waals surface area contributed by atoms with Crippen molar-refractivity contribution in [2.75, 3.05) is 27.3 Å². The van der Waals surface area contributed by atoms with Crippen LogP contribution in [0.25, 0.3) is 0 Å². The Hall–Kier alpha value is -3.55. The molecule has 0 radical (unpaired) electrons. The molecule has 14 atom stereocenters. The zero-order valence-electron chi connectivity index (χ0n) is 35.0. The maximum Gasteiger partial charge on any atom is 0.316 e. The maximum absolute atomic E-state index is 14.4. The van der Waals surface area contributed by atoms with Gasteiger partial charge in [0.1, 0.15) is 29.4 Å². The van der Waals surface area contributed by atoms with Gasteiger partial charge < -0.3 is 43.6 Å². The van der Waals surface area contributed by atoms with Crippen LogP contribution in [0.4, 0.5) is 0 Å². The Morgan fingerprint density at radius 1 is 1.02 bits per heavy atom. The third-order valence-corrected chi connectivity index (χ3v) is 12.0. The molecule has 3 saturated heterocycles. The number of aliphatic hydroxyl groups is 2. The normalized spacial score (nSPS) is 40.6. The van der Waals surface area contributed by atoms with Crippen molar-refractivity contribution in [1.82, 2.24) is 4.90 Å². The number of Topliss-reactive ketones (excluding diaryl/α,β-unsaturated/α-hetero) is 1. The average molecular weight is 796 g/mol. The predicted molar refractivity (Wildman–Crippen MR) is 211 cm³/mol. The number of ketones is 1. The minimum Gasteiger partial charge on any atom is -0.459 e. The number of esters is 1. The SMILES string of the molecule is CC[C@H]1OC(=O)[C@H](C)C(=O)[C@H](C)[C@@H](O[C@@H]2O[C@H](C)C[C@H](N(C)C)[C@H]2O)[C@@]2(C)C[C@@H](C)C3=NC(=O)C(CC#Cc4ccccc4)O/N=C(\CO[C@@H]([C@@H]3C)[C@]1(C)O)CO2. The lowest BCUT2D eigenvalue weighted by molar-refractivity contribution is -0.296. The minimum absolute atomic E-state index is 0.0116. The zero-order chi connectivity index (χ0) is 41.8. The Kier molecular flexibility index (Phi) is 14.5. The second-order valence-corrected chi connectivity index (χ2v) is 16.8. The topological polar surface area (TPSA) is 175 Å². The first kappa shape index (κ1) is 44.6. The number of cyclic esters (lactones) is 1. The maximum atomic E-state index is 14.4. The largest absolute Gasteiger partial charge is 0.459 e. The summed E-state index contributed by atoms with van der Waals surface area (Å²) in [6.45, 7) is 13.4. The minimum atomic E-state index is -1.83. The van der Waals surface area contributed by atoms with Gasteiger partial charge in [-0.05, 0) is 79.1 Å². The van der Waals surface area contributed by atoms with Crippen molar-refractivity contribution in [1.29, 1.82) is 0 Å². The Bertz CT molecular complexity index is 1720. The first-order chi connectivity index (χ1) is 26.9. The van der Waals surface area contributed by atoms with Gasteiger partial charge in [-0.2, -0.15) is 0 Å². The van der Waals surface area contributed by atoms with E-state index in [4.69, 9.17) is 33.5 Å². The monoisotopic (exact) mass is 795 g/mol. The van der Waals surface area contributed by atoms with E-state index in [0.717, 1.165) is 5.56 Å². The molecular formula is C43H61N3O11. The highest BCUT2D eigenvalue weighted by Gasteiger charge is 2.53. The van der Waals surface area contributed by atoms with E-state index >= 15 is 0 Å². The second-order valence-electron chi connectivity index (χ2n) is 16.8. The van der Waals surface area contributed by atoms with Crippen LogP contribution >= 0.6 is 0 Å². The van der Waals surface area contributed by atoms with Crippen LogP contribution in [0.15, 0.2) is 40.5 Å². The lowest BCUT2D eigenvalue weighted by Crippen LogP contribution is -2.60. The number of rotatable bonds is 5. The standard InChI is InChI=1S/C43H61N3O11/c1-11-33-43(8,51)38-26(4)34-24(2)21-42(7,53-23-30(22-52-38)45-57-32(39(49)44-34)19-15-18-29-16-13-12-14-17-29)37(27(5)35(47)28(6)40(50)55-33)56-41-36(48)31(46(9)10)20-25(3)54-41/h12-14,16-17,24-28,31-33,36-38,41,48,51H,11,19-23H2,1-10H3/b44-34?,45-30+/t24-,25-,26-,27+,28-,31+,32?,33-,36-,37-,38+,41+,42-,43-/m1/s1. The highest BCUT2D eigenvalue weighted by atomic mass is 16.7. The van der Waals surface area contributed by atoms with Gasteiger partial charge in [0.15, 0.2) is 12.1 Å². The van der Waals surface area contributed by atoms with Gasteiger partial charge in [-0.25, -0.2) is 4.99 Å². The molecule has 4 aliphatic rings. The van der Waals surface area contributed by atoms with Gasteiger partial charge in [0.2, 0.25) is 6.10 Å². The molecule has 3 fully saturated rings. The van der Waals surface area contributed by atoms with E-state index in [1.165, 1.54) is 13.8 Å². The fourth-order valence-corrected chi connectivity index (χ4v) is 8.70. The number of benzene rings is 1. The molecule has 5 rings (SSSR count). The summed E-state index contributed by atoms with van der Waals surface area (Å²) in [7, 11) is 3.74. The van der Waals surface area contributed by atoms with Crippen LogP contribution in [-0.4, -0.2) is 132 Å². The summed E-state index contributed by atoms with van der Waals surface area (Å²) < 4.78 is 32.3. The van der Waals surface area contributed by atoms with Crippen LogP contribution in [0, 0.1) is 35.5 Å². The predicted octanol–water partition coefficient (Wildman–Crippen LogP) is 3.73. The molecule has 2 N–H and O–H groups in total. The summed E-state index contributed by atoms with van der Waals surface area (Å²) >= 11 is 0. The number of ether oxygens (including phenoxy) is 5. The van der Waals surface area contributed by atoms with Gasteiger partial charge in [0.25, 0.3) is 5.91 Å². The summed E-state index contributed by atoms with van der Waals surface area (Å²) in [5.41, 5.74) is -1.81. The molecule has 14 heteroatoms. The molecule has 1 aromatic rings. The Morgan fingerprint density at radius 3 is 2.39 bits per heavy atom. The van der Waals surface area contributed by atoms with Gasteiger partial charge in [0.05, 0.1) is 43.5 Å². The number of carbonyl (C=O) groups excluding carboxylic acids is 3. The van der Waals surface area contributed by atoms with Gasteiger partial charge in [-0.15, -0.1) is 0 Å². The molecule has 4 bridgehead atoms. The molecule has 14 nitrogen and oxygen atoms in total. The zero-order valence-corrected chi connectivity index (χ0v) is 35.0. The fraction of sp³-hybridized carbons (Fsp3) is 0.698. The van der Waals surface area contributed by atoms with Crippen molar-refractivity contribution < 1.29 is 53.1 Å². The van der Waals surface area contributed by atoms with Crippen molar-refractivity contribution in [2.45, 2.75) is 141 Å². The summed E-state index contributed by atoms with van der Waals surface area (Å²) in [6.07, 6.45) is -6.15. The number of nitrogens with zero attached hydrogens (tertiary/aromatic N) is 3. The number of aliphatic hydroxyl groups excluding tert-OH is 1. The van der Waals surface area contributed by atoms with Gasteiger partial charge in [0, 0.05) is 29.2 Å². The van der Waals surface area contributed by atoms with Crippen LogP contribution in [0.2, 0.25) is 0 Å². The molecule has 0 aliphatic carbocycles. The summed E-state index contributed by atoms with van der Waals surface area (Å²) in [6, 6.07) is 9.05. The van der Waals surface area contributed by atoms with Crippen molar-refractivity contribution >= 4 is 29.1 Å². The number of oxime groups is 1. The van der Waals surface area contributed by atoms with Crippen molar-refractivity contribution in [3.8, 4) is 11.8 Å². The number of aliphatic imine (C=N–C) groups is 1. The van der Waals surface area contributed by atoms with Gasteiger partial charge >= 0.3 is 5.97 Å². The Balaban J connectivity index is 1.68. The van der Waals surface area contributed by atoms with Crippen LogP contribution < -0.4 is 0 Å². The molecule has 4 heterocycles. The number of fused-ring (bicyclic) bond motifs is 4. The highest BCUT2D eigenvalue weighted by molar-refractivity contribution is 6.01. The van der Waals surface area contributed by atoms with Gasteiger partial charge in [-0.1, -0.05) is 62.9 Å². The van der Waals surface area contributed by atoms with E-state index in [-0.39, 0.29) is 50.3 Å². The smallest absolute Gasteiger partial charge is 0.316 e. The number of hydrogen-bond donors (Lipinski definition) is 2. The first-order valence-corrected chi connectivity index (χ1v) is 20.1. The molecule has 0 aromatic heterocycles. The van der Waals surface area contributed by atoms with E-state index in [0.29, 0.717) is 12.1 Å². The third kappa shape index (κ3) is 10.0. The van der Waals surface area contributed by atoms with Crippen LogP contribution in [0.3, 0.4) is 0 Å². The first-order valence-electron chi connectivity index (χ1n) is 20.1. The number of hydrogen-bond acceptors (Lipinski definition) is 13. The third-order valence-electron chi connectivity index (χ3n) is 12.0. The molecule has 57 heavy (non-hydrogen) atoms. The van der Waals surface area contributed by atoms with E-state index in [9.17, 15) is 24.6 Å². The Labute approximate surface area is 336 Å². The molecule has 1 amide bonds. The molecule has 4 aliphatic heterocycles. The number of carbonyl (C=O) groups is 3. The van der Waals surface area contributed by atoms with E-state index in [1.807, 2.05) is 70.1 Å². The average Bonchev–Trinajstić information content (AvgIpc) is 3.20. The van der Waals surface area contributed by atoms with Crippen LogP contribution in [-0.2, 0) is 42.9 Å². The molecule has 1 unspecified atom stereocenters. The summed E-state index contributed by atoms with van der Waals surface area (Å²) in [5.74, 6) is 0.628. The number of amides is 1. The Morgan fingerprint density at radius 2 is 1.72 bits per heavy atom. The lowest BCUT2D eigenvalue weighted by Gasteiger charge is -2.47. The van der Waals surface area contributed by atoms with E-state index in [2.05, 4.69) is 17.0 Å². The molecule has 0 saturated carbocycles. The fourth-order valence-electron chi connectivity index (χ4n) is 8.70.